The number of halogens is 1. The highest BCUT2D eigenvalue weighted by Crippen LogP contribution is 2.36. The van der Waals surface area contributed by atoms with Gasteiger partial charge >= 0.3 is 0 Å². The van der Waals surface area contributed by atoms with Gasteiger partial charge in [-0.3, -0.25) is 0 Å². The largest absolute Gasteiger partial charge is 0.490 e. The fourth-order valence-electron chi connectivity index (χ4n) is 2.28. The van der Waals surface area contributed by atoms with E-state index < -0.39 is 0 Å². The van der Waals surface area contributed by atoms with Gasteiger partial charge in [-0.1, -0.05) is 46.6 Å². The van der Waals surface area contributed by atoms with E-state index in [4.69, 9.17) is 4.74 Å². The van der Waals surface area contributed by atoms with Crippen molar-refractivity contribution in [2.24, 2.45) is 5.41 Å². The Balaban J connectivity index is 2.08. The zero-order chi connectivity index (χ0) is 12.5. The molecule has 1 aliphatic rings. The third kappa shape index (κ3) is 2.74. The van der Waals surface area contributed by atoms with Crippen molar-refractivity contribution in [2.45, 2.75) is 32.8 Å². The summed E-state index contributed by atoms with van der Waals surface area (Å²) in [5, 5.41) is 0.929. The van der Waals surface area contributed by atoms with Crippen LogP contribution in [0.1, 0.15) is 24.5 Å². The highest BCUT2D eigenvalue weighted by Gasteiger charge is 2.30. The van der Waals surface area contributed by atoms with E-state index in [0.717, 1.165) is 23.9 Å². The molecule has 0 N–H and O–H groups in total. The van der Waals surface area contributed by atoms with Gasteiger partial charge in [0, 0.05) is 11.8 Å². The van der Waals surface area contributed by atoms with Crippen molar-refractivity contribution in [3.8, 4) is 5.75 Å². The quantitative estimate of drug-likeness (QED) is 0.595. The summed E-state index contributed by atoms with van der Waals surface area (Å²) in [4.78, 5) is 0. The molecule has 0 radical (unpaired) electrons. The lowest BCUT2D eigenvalue weighted by Crippen LogP contribution is -2.25. The summed E-state index contributed by atoms with van der Waals surface area (Å²) in [6, 6.07) is 6.43. The van der Waals surface area contributed by atoms with Crippen molar-refractivity contribution in [3.05, 3.63) is 42.0 Å². The number of aryl methyl sites for hydroxylation is 1. The minimum absolute atomic E-state index is 0.113. The van der Waals surface area contributed by atoms with Crippen molar-refractivity contribution < 1.29 is 4.74 Å². The molecule has 1 heterocycles. The lowest BCUT2D eigenvalue weighted by molar-refractivity contribution is 0.182. The maximum Gasteiger partial charge on any atom is 0.123 e. The van der Waals surface area contributed by atoms with E-state index in [1.54, 1.807) is 0 Å². The van der Waals surface area contributed by atoms with E-state index in [-0.39, 0.29) is 11.5 Å². The zero-order valence-electron chi connectivity index (χ0n) is 10.5. The summed E-state index contributed by atoms with van der Waals surface area (Å²) >= 11 is 3.56. The van der Waals surface area contributed by atoms with Crippen LogP contribution in [0.5, 0.6) is 5.75 Å². The lowest BCUT2D eigenvalue weighted by Gasteiger charge is -2.26. The maximum atomic E-state index is 5.99. The molecule has 0 amide bonds. The van der Waals surface area contributed by atoms with Gasteiger partial charge in [-0.2, -0.15) is 0 Å². The smallest absolute Gasteiger partial charge is 0.123 e. The Labute approximate surface area is 112 Å². The van der Waals surface area contributed by atoms with Gasteiger partial charge in [0.1, 0.15) is 11.9 Å². The fourth-order valence-corrected chi connectivity index (χ4v) is 2.73. The Kier molecular flexibility index (Phi) is 3.62. The average Bonchev–Trinajstić information content (AvgIpc) is 2.70. The summed E-state index contributed by atoms with van der Waals surface area (Å²) in [5.74, 6) is 1.06. The Morgan fingerprint density at radius 1 is 1.59 bits per heavy atom. The molecule has 0 spiro atoms. The number of hydrogen-bond acceptors (Lipinski definition) is 1. The van der Waals surface area contributed by atoms with Crippen LogP contribution >= 0.6 is 15.9 Å². The first-order valence-corrected chi connectivity index (χ1v) is 7.14. The van der Waals surface area contributed by atoms with Crippen LogP contribution in [0.3, 0.4) is 0 Å². The molecule has 1 nitrogen and oxygen atoms in total. The molecule has 1 aliphatic heterocycles. The lowest BCUT2D eigenvalue weighted by atomic mass is 9.86. The number of ether oxygens (including phenoxy) is 1. The van der Waals surface area contributed by atoms with E-state index in [1.807, 2.05) is 6.08 Å². The standard InChI is InChI=1S/C15H19BrO/c1-4-15(3,10-16)9-13-8-12-7-11(2)5-6-14(12)17-13/h4-7,13H,1,8-10H2,2-3H3. The maximum absolute atomic E-state index is 5.99. The van der Waals surface area contributed by atoms with Gasteiger partial charge in [-0.15, -0.1) is 6.58 Å². The molecule has 0 aromatic heterocycles. The SMILES string of the molecule is C=CC(C)(CBr)CC1Cc2cc(C)ccc2O1. The molecule has 2 heteroatoms. The van der Waals surface area contributed by atoms with E-state index in [1.165, 1.54) is 11.1 Å². The van der Waals surface area contributed by atoms with Crippen LogP contribution in [-0.4, -0.2) is 11.4 Å². The van der Waals surface area contributed by atoms with E-state index in [2.05, 4.69) is 54.6 Å². The van der Waals surface area contributed by atoms with Crippen LogP contribution in [-0.2, 0) is 6.42 Å². The molecule has 0 saturated heterocycles. The highest BCUT2D eigenvalue weighted by atomic mass is 79.9. The molecule has 0 aliphatic carbocycles. The Bertz CT molecular complexity index is 427. The van der Waals surface area contributed by atoms with Crippen LogP contribution in [0.4, 0.5) is 0 Å². The average molecular weight is 295 g/mol. The second-order valence-corrected chi connectivity index (χ2v) is 5.81. The summed E-state index contributed by atoms with van der Waals surface area (Å²) in [6.07, 6.45) is 4.34. The van der Waals surface area contributed by atoms with E-state index in [9.17, 15) is 0 Å². The molecule has 0 bridgehead atoms. The Morgan fingerprint density at radius 2 is 2.35 bits per heavy atom. The van der Waals surface area contributed by atoms with Gasteiger partial charge in [0.05, 0.1) is 0 Å². The monoisotopic (exact) mass is 294 g/mol. The summed E-state index contributed by atoms with van der Waals surface area (Å²) < 4.78 is 5.99. The first-order chi connectivity index (χ1) is 8.06. The van der Waals surface area contributed by atoms with Gasteiger partial charge in [-0.05, 0) is 30.4 Å². The zero-order valence-corrected chi connectivity index (χ0v) is 12.1. The van der Waals surface area contributed by atoms with Crippen molar-refractivity contribution in [2.75, 3.05) is 5.33 Å². The molecule has 2 rings (SSSR count). The molecular formula is C15H19BrO. The summed E-state index contributed by atoms with van der Waals surface area (Å²) in [7, 11) is 0. The molecule has 17 heavy (non-hydrogen) atoms. The molecule has 1 aromatic rings. The topological polar surface area (TPSA) is 9.23 Å². The van der Waals surface area contributed by atoms with Crippen LogP contribution in [0.25, 0.3) is 0 Å². The number of fused-ring (bicyclic) bond motifs is 1. The number of alkyl halides is 1. The molecule has 2 unspecified atom stereocenters. The second kappa shape index (κ2) is 4.85. The third-order valence-corrected chi connectivity index (χ3v) is 4.73. The normalized spacial score (nSPS) is 21.5. The third-order valence-electron chi connectivity index (χ3n) is 3.45. The van der Waals surface area contributed by atoms with Crippen molar-refractivity contribution in [1.29, 1.82) is 0 Å². The van der Waals surface area contributed by atoms with Crippen LogP contribution in [0.2, 0.25) is 0 Å². The van der Waals surface area contributed by atoms with Gasteiger partial charge in [-0.25, -0.2) is 0 Å². The molecule has 2 atom stereocenters. The highest BCUT2D eigenvalue weighted by molar-refractivity contribution is 9.09. The number of hydrogen-bond donors (Lipinski definition) is 0. The predicted molar refractivity (Wildman–Crippen MR) is 76.0 cm³/mol. The van der Waals surface area contributed by atoms with Gasteiger partial charge < -0.3 is 4.74 Å². The second-order valence-electron chi connectivity index (χ2n) is 5.25. The summed E-state index contributed by atoms with van der Waals surface area (Å²) in [6.45, 7) is 8.26. The van der Waals surface area contributed by atoms with Crippen LogP contribution in [0.15, 0.2) is 30.9 Å². The first kappa shape index (κ1) is 12.7. The molecular weight excluding hydrogens is 276 g/mol. The van der Waals surface area contributed by atoms with Crippen LogP contribution < -0.4 is 4.74 Å². The Hall–Kier alpha value is -0.760. The Morgan fingerprint density at radius 3 is 3.00 bits per heavy atom. The fraction of sp³-hybridized carbons (Fsp3) is 0.467. The minimum atomic E-state index is 0.113. The van der Waals surface area contributed by atoms with Crippen LogP contribution in [0, 0.1) is 12.3 Å². The number of allylic oxidation sites excluding steroid dienone is 1. The molecule has 0 fully saturated rings. The van der Waals surface area contributed by atoms with Crippen molar-refractivity contribution in [3.63, 3.8) is 0 Å². The van der Waals surface area contributed by atoms with Crippen molar-refractivity contribution >= 4 is 15.9 Å². The predicted octanol–water partition coefficient (Wildman–Crippen LogP) is 4.28. The minimum Gasteiger partial charge on any atom is -0.490 e. The molecule has 1 aromatic carbocycles. The summed E-state index contributed by atoms with van der Waals surface area (Å²) in [5.41, 5.74) is 2.76. The van der Waals surface area contributed by atoms with Gasteiger partial charge in [0.15, 0.2) is 0 Å². The number of rotatable bonds is 4. The van der Waals surface area contributed by atoms with E-state index >= 15 is 0 Å². The van der Waals surface area contributed by atoms with Gasteiger partial charge in [0.25, 0.3) is 0 Å². The van der Waals surface area contributed by atoms with Crippen molar-refractivity contribution in [1.82, 2.24) is 0 Å². The number of benzene rings is 1. The van der Waals surface area contributed by atoms with E-state index in [0.29, 0.717) is 0 Å². The van der Waals surface area contributed by atoms with Gasteiger partial charge in [0.2, 0.25) is 0 Å². The molecule has 0 saturated carbocycles. The first-order valence-electron chi connectivity index (χ1n) is 6.02. The molecule has 92 valence electrons.